The van der Waals surface area contributed by atoms with E-state index in [1.807, 2.05) is 36.2 Å². The van der Waals surface area contributed by atoms with Crippen LogP contribution in [-0.4, -0.2) is 44.1 Å². The number of rotatable bonds is 4. The predicted octanol–water partition coefficient (Wildman–Crippen LogP) is 1.66. The Kier molecular flexibility index (Phi) is 4.93. The summed E-state index contributed by atoms with van der Waals surface area (Å²) >= 11 is 0. The molecule has 0 atom stereocenters. The van der Waals surface area contributed by atoms with Crippen molar-refractivity contribution in [3.8, 4) is 0 Å². The Labute approximate surface area is 114 Å². The van der Waals surface area contributed by atoms with Crippen molar-refractivity contribution in [2.45, 2.75) is 25.5 Å². The minimum Gasteiger partial charge on any atom is -0.380 e. The number of likely N-dealkylation sites (tertiary alicyclic amines) is 1. The second-order valence-electron chi connectivity index (χ2n) is 4.99. The molecule has 4 nitrogen and oxygen atoms in total. The van der Waals surface area contributed by atoms with Crippen LogP contribution >= 0.6 is 0 Å². The second-order valence-corrected chi connectivity index (χ2v) is 4.99. The van der Waals surface area contributed by atoms with Gasteiger partial charge in [0.05, 0.1) is 6.61 Å². The van der Waals surface area contributed by atoms with Crippen molar-refractivity contribution < 1.29 is 9.53 Å². The lowest BCUT2D eigenvalue weighted by Crippen LogP contribution is -2.43. The molecule has 4 heteroatoms. The lowest BCUT2D eigenvalue weighted by Gasteiger charge is -2.32. The van der Waals surface area contributed by atoms with Gasteiger partial charge in [-0.25, -0.2) is 0 Å². The molecule has 0 spiro atoms. The number of benzene rings is 1. The van der Waals surface area contributed by atoms with E-state index >= 15 is 0 Å². The standard InChI is InChI=1S/C15H22N2O2/c1-16-14-6-8-17(9-7-14)15(18)13-5-3-4-12(10-13)11-19-2/h3-5,10,14,16H,6-9,11H2,1-2H3. The van der Waals surface area contributed by atoms with E-state index < -0.39 is 0 Å². The molecule has 0 aliphatic carbocycles. The molecule has 1 heterocycles. The van der Waals surface area contributed by atoms with E-state index in [2.05, 4.69) is 5.32 Å². The van der Waals surface area contributed by atoms with Crippen LogP contribution in [0.3, 0.4) is 0 Å². The Morgan fingerprint density at radius 2 is 2.16 bits per heavy atom. The fourth-order valence-corrected chi connectivity index (χ4v) is 2.51. The first-order chi connectivity index (χ1) is 9.24. The Hall–Kier alpha value is -1.39. The Morgan fingerprint density at radius 3 is 2.79 bits per heavy atom. The van der Waals surface area contributed by atoms with Gasteiger partial charge in [-0.1, -0.05) is 12.1 Å². The quantitative estimate of drug-likeness (QED) is 0.897. The highest BCUT2D eigenvalue weighted by atomic mass is 16.5. The maximum Gasteiger partial charge on any atom is 0.253 e. The van der Waals surface area contributed by atoms with Gasteiger partial charge in [0.2, 0.25) is 0 Å². The molecule has 1 N–H and O–H groups in total. The number of ether oxygens (including phenoxy) is 1. The zero-order valence-electron chi connectivity index (χ0n) is 11.7. The topological polar surface area (TPSA) is 41.6 Å². The van der Waals surface area contributed by atoms with E-state index in [9.17, 15) is 4.79 Å². The van der Waals surface area contributed by atoms with Crippen LogP contribution in [0, 0.1) is 0 Å². The van der Waals surface area contributed by atoms with Crippen molar-refractivity contribution >= 4 is 5.91 Å². The summed E-state index contributed by atoms with van der Waals surface area (Å²) in [5, 5.41) is 3.27. The number of hydrogen-bond donors (Lipinski definition) is 1. The molecule has 1 fully saturated rings. The van der Waals surface area contributed by atoms with Crippen molar-refractivity contribution in [1.29, 1.82) is 0 Å². The lowest BCUT2D eigenvalue weighted by molar-refractivity contribution is 0.0707. The zero-order valence-corrected chi connectivity index (χ0v) is 11.7. The highest BCUT2D eigenvalue weighted by Gasteiger charge is 2.22. The first-order valence-electron chi connectivity index (χ1n) is 6.79. The number of methoxy groups -OCH3 is 1. The van der Waals surface area contributed by atoms with Gasteiger partial charge in [-0.3, -0.25) is 4.79 Å². The number of hydrogen-bond acceptors (Lipinski definition) is 3. The fourth-order valence-electron chi connectivity index (χ4n) is 2.51. The molecule has 1 aromatic rings. The first-order valence-corrected chi connectivity index (χ1v) is 6.79. The van der Waals surface area contributed by atoms with E-state index in [1.54, 1.807) is 7.11 Å². The summed E-state index contributed by atoms with van der Waals surface area (Å²) in [6, 6.07) is 8.25. The molecule has 1 aliphatic heterocycles. The van der Waals surface area contributed by atoms with Crippen LogP contribution in [0.25, 0.3) is 0 Å². The molecule has 1 saturated heterocycles. The number of piperidine rings is 1. The van der Waals surface area contributed by atoms with Crippen molar-refractivity contribution in [2.75, 3.05) is 27.2 Å². The van der Waals surface area contributed by atoms with Crippen molar-refractivity contribution in [1.82, 2.24) is 10.2 Å². The average Bonchev–Trinajstić information content (AvgIpc) is 2.47. The van der Waals surface area contributed by atoms with Crippen molar-refractivity contribution in [3.05, 3.63) is 35.4 Å². The normalized spacial score (nSPS) is 16.6. The largest absolute Gasteiger partial charge is 0.380 e. The minimum atomic E-state index is 0.132. The van der Waals surface area contributed by atoms with Gasteiger partial charge in [0.1, 0.15) is 0 Å². The molecule has 19 heavy (non-hydrogen) atoms. The Bertz CT molecular complexity index is 426. The van der Waals surface area contributed by atoms with Crippen LogP contribution in [-0.2, 0) is 11.3 Å². The molecule has 0 aromatic heterocycles. The number of amides is 1. The minimum absolute atomic E-state index is 0.132. The van der Waals surface area contributed by atoms with E-state index in [1.165, 1.54) is 0 Å². The van der Waals surface area contributed by atoms with E-state index in [4.69, 9.17) is 4.74 Å². The van der Waals surface area contributed by atoms with Gasteiger partial charge < -0.3 is 15.0 Å². The molecule has 1 amide bonds. The molecule has 0 saturated carbocycles. The summed E-state index contributed by atoms with van der Waals surface area (Å²) in [7, 11) is 3.65. The number of nitrogens with zero attached hydrogens (tertiary/aromatic N) is 1. The van der Waals surface area contributed by atoms with E-state index in [0.29, 0.717) is 12.6 Å². The fraction of sp³-hybridized carbons (Fsp3) is 0.533. The maximum absolute atomic E-state index is 12.4. The second kappa shape index (κ2) is 6.68. The van der Waals surface area contributed by atoms with Crippen LogP contribution in [0.2, 0.25) is 0 Å². The third-order valence-corrected chi connectivity index (χ3v) is 3.68. The van der Waals surface area contributed by atoms with Gasteiger partial charge in [0, 0.05) is 31.8 Å². The molecule has 0 bridgehead atoms. The summed E-state index contributed by atoms with van der Waals surface area (Å²) in [5.74, 6) is 0.132. The molecule has 1 aliphatic rings. The van der Waals surface area contributed by atoms with Crippen LogP contribution in [0.15, 0.2) is 24.3 Å². The monoisotopic (exact) mass is 262 g/mol. The van der Waals surface area contributed by atoms with E-state index in [-0.39, 0.29) is 5.91 Å². The number of carbonyl (C=O) groups excluding carboxylic acids is 1. The van der Waals surface area contributed by atoms with Gasteiger partial charge in [-0.05, 0) is 37.6 Å². The van der Waals surface area contributed by atoms with Gasteiger partial charge in [-0.15, -0.1) is 0 Å². The van der Waals surface area contributed by atoms with Crippen LogP contribution in [0.1, 0.15) is 28.8 Å². The third-order valence-electron chi connectivity index (χ3n) is 3.68. The summed E-state index contributed by atoms with van der Waals surface area (Å²) < 4.78 is 5.10. The van der Waals surface area contributed by atoms with Gasteiger partial charge >= 0.3 is 0 Å². The van der Waals surface area contributed by atoms with Gasteiger partial charge in [-0.2, -0.15) is 0 Å². The molecule has 2 rings (SSSR count). The van der Waals surface area contributed by atoms with Crippen LogP contribution < -0.4 is 5.32 Å². The van der Waals surface area contributed by atoms with E-state index in [0.717, 1.165) is 37.1 Å². The SMILES string of the molecule is CNC1CCN(C(=O)c2cccc(COC)c2)CC1. The smallest absolute Gasteiger partial charge is 0.253 e. The van der Waals surface area contributed by atoms with Crippen molar-refractivity contribution in [3.63, 3.8) is 0 Å². The zero-order chi connectivity index (χ0) is 13.7. The predicted molar refractivity (Wildman–Crippen MR) is 75.1 cm³/mol. The first kappa shape index (κ1) is 14.0. The Balaban J connectivity index is 2.01. The summed E-state index contributed by atoms with van der Waals surface area (Å²) in [5.41, 5.74) is 1.80. The molecular weight excluding hydrogens is 240 g/mol. The number of nitrogens with one attached hydrogen (secondary N) is 1. The maximum atomic E-state index is 12.4. The molecule has 0 radical (unpaired) electrons. The summed E-state index contributed by atoms with van der Waals surface area (Å²) in [4.78, 5) is 14.4. The molecule has 104 valence electrons. The Morgan fingerprint density at radius 1 is 1.42 bits per heavy atom. The molecule has 0 unspecified atom stereocenters. The molecular formula is C15H22N2O2. The lowest BCUT2D eigenvalue weighted by atomic mass is 10.0. The average molecular weight is 262 g/mol. The summed E-state index contributed by atoms with van der Waals surface area (Å²) in [6.07, 6.45) is 2.06. The highest BCUT2D eigenvalue weighted by Crippen LogP contribution is 2.15. The van der Waals surface area contributed by atoms with Crippen LogP contribution in [0.5, 0.6) is 0 Å². The number of carbonyl (C=O) groups is 1. The highest BCUT2D eigenvalue weighted by molar-refractivity contribution is 5.94. The summed E-state index contributed by atoms with van der Waals surface area (Å²) in [6.45, 7) is 2.21. The van der Waals surface area contributed by atoms with Gasteiger partial charge in [0.25, 0.3) is 5.91 Å². The van der Waals surface area contributed by atoms with Gasteiger partial charge in [0.15, 0.2) is 0 Å². The molecule has 1 aromatic carbocycles. The van der Waals surface area contributed by atoms with Crippen molar-refractivity contribution in [2.24, 2.45) is 0 Å². The third kappa shape index (κ3) is 3.55. The van der Waals surface area contributed by atoms with Crippen LogP contribution in [0.4, 0.5) is 0 Å².